The van der Waals surface area contributed by atoms with Gasteiger partial charge in [0, 0.05) is 28.1 Å². The molecule has 2 atom stereocenters. The molecule has 0 spiro atoms. The van der Waals surface area contributed by atoms with E-state index in [-0.39, 0.29) is 23.5 Å². The number of hydrogen-bond donors (Lipinski definition) is 2. The molecule has 2 aliphatic heterocycles. The van der Waals surface area contributed by atoms with Crippen LogP contribution in [0.15, 0.2) is 104 Å². The Morgan fingerprint density at radius 2 is 1.16 bits per heavy atom. The molecule has 0 saturated carbocycles. The number of halogens is 2. The number of rotatable bonds is 5. The van der Waals surface area contributed by atoms with Gasteiger partial charge in [0.2, 0.25) is 0 Å². The zero-order valence-electron chi connectivity index (χ0n) is 29.1. The van der Waals surface area contributed by atoms with Gasteiger partial charge in [0.25, 0.3) is 20.0 Å². The van der Waals surface area contributed by atoms with Gasteiger partial charge >= 0.3 is 6.09 Å². The lowest BCUT2D eigenvalue weighted by atomic mass is 9.98. The zero-order chi connectivity index (χ0) is 37.3. The Balaban J connectivity index is 0.000000205. The van der Waals surface area contributed by atoms with Crippen molar-refractivity contribution in [3.63, 3.8) is 0 Å². The Morgan fingerprint density at radius 1 is 0.725 bits per heavy atom. The summed E-state index contributed by atoms with van der Waals surface area (Å²) in [6.07, 6.45) is 0.532. The van der Waals surface area contributed by atoms with E-state index in [0.717, 1.165) is 31.2 Å². The van der Waals surface area contributed by atoms with E-state index >= 15 is 0 Å². The fourth-order valence-corrected chi connectivity index (χ4v) is 9.60. The van der Waals surface area contributed by atoms with Gasteiger partial charge < -0.3 is 15.8 Å². The van der Waals surface area contributed by atoms with Crippen LogP contribution in [-0.4, -0.2) is 41.6 Å². The molecule has 0 aromatic heterocycles. The number of amides is 1. The summed E-state index contributed by atoms with van der Waals surface area (Å²) in [4.78, 5) is 12.8. The van der Waals surface area contributed by atoms with Crippen LogP contribution in [-0.2, 0) is 24.8 Å². The predicted molar refractivity (Wildman–Crippen MR) is 208 cm³/mol. The van der Waals surface area contributed by atoms with Gasteiger partial charge in [0.15, 0.2) is 0 Å². The van der Waals surface area contributed by atoms with Crippen LogP contribution in [0.2, 0.25) is 0 Å². The van der Waals surface area contributed by atoms with Gasteiger partial charge in [0.1, 0.15) is 5.60 Å². The van der Waals surface area contributed by atoms with Crippen molar-refractivity contribution in [3.05, 3.63) is 116 Å². The van der Waals surface area contributed by atoms with E-state index in [1.807, 2.05) is 56.3 Å². The highest BCUT2D eigenvalue weighted by atomic mass is 79.9. The number of carbonyl (C=O) groups is 1. The summed E-state index contributed by atoms with van der Waals surface area (Å²) in [6, 6.07) is 24.3. The molecule has 4 aromatic rings. The third-order valence-electron chi connectivity index (χ3n) is 8.47. The standard InChI is InChI=1S/C21H25BrN2O4S.C16H17BrN2O2S/c1-14-5-8-16(9-6-14)29(26,27)24-12-11-18(23-20(25)28-21(2,3)4)17-10-7-15(22)13-19(17)24;1-11-2-5-13(6-3-11)22(20,21)19-9-8-15(18)14-7-4-12(17)10-16(14)19/h5-10,13,18H,11-12H2,1-4H3,(H,23,25);2-7,10,15H,8-9,18H2,1H3. The van der Waals surface area contributed by atoms with Crippen LogP contribution in [0.4, 0.5) is 16.2 Å². The van der Waals surface area contributed by atoms with Gasteiger partial charge in [-0.15, -0.1) is 0 Å². The van der Waals surface area contributed by atoms with Crippen molar-refractivity contribution in [2.45, 2.75) is 74.9 Å². The largest absolute Gasteiger partial charge is 0.444 e. The second kappa shape index (κ2) is 15.3. The van der Waals surface area contributed by atoms with Gasteiger partial charge in [-0.2, -0.15) is 0 Å². The summed E-state index contributed by atoms with van der Waals surface area (Å²) in [7, 11) is -7.30. The summed E-state index contributed by atoms with van der Waals surface area (Å²) in [5.41, 5.74) is 10.4. The number of fused-ring (bicyclic) bond motifs is 2. The van der Waals surface area contributed by atoms with Gasteiger partial charge in [-0.3, -0.25) is 8.61 Å². The molecule has 272 valence electrons. The highest BCUT2D eigenvalue weighted by molar-refractivity contribution is 9.10. The minimum atomic E-state index is -3.72. The molecule has 2 aliphatic rings. The first-order valence-electron chi connectivity index (χ1n) is 16.4. The number of aryl methyl sites for hydroxylation is 2. The van der Waals surface area contributed by atoms with Crippen LogP contribution < -0.4 is 19.7 Å². The number of alkyl carbamates (subject to hydrolysis) is 1. The van der Waals surface area contributed by atoms with Crippen LogP contribution in [0.25, 0.3) is 0 Å². The van der Waals surface area contributed by atoms with Crippen molar-refractivity contribution in [3.8, 4) is 0 Å². The van der Waals surface area contributed by atoms with E-state index in [4.69, 9.17) is 10.5 Å². The second-order valence-corrected chi connectivity index (χ2v) is 19.1. The number of hydrogen-bond acceptors (Lipinski definition) is 7. The molecule has 4 aromatic carbocycles. The SMILES string of the molecule is Cc1ccc(S(=O)(=O)N2CCC(N)c3ccc(Br)cc32)cc1.Cc1ccc(S(=O)(=O)N2CCC(NC(=O)OC(C)(C)C)c3ccc(Br)cc32)cc1. The summed E-state index contributed by atoms with van der Waals surface area (Å²) in [5, 5.41) is 2.87. The molecule has 51 heavy (non-hydrogen) atoms. The third kappa shape index (κ3) is 8.97. The number of anilines is 2. The van der Waals surface area contributed by atoms with Crippen LogP contribution in [0.3, 0.4) is 0 Å². The zero-order valence-corrected chi connectivity index (χ0v) is 33.9. The summed E-state index contributed by atoms with van der Waals surface area (Å²) in [5.74, 6) is 0. The lowest BCUT2D eigenvalue weighted by Crippen LogP contribution is -2.42. The van der Waals surface area contributed by atoms with Crippen LogP contribution in [0, 0.1) is 13.8 Å². The van der Waals surface area contributed by atoms with Crippen LogP contribution >= 0.6 is 31.9 Å². The van der Waals surface area contributed by atoms with Crippen molar-refractivity contribution in [2.75, 3.05) is 21.7 Å². The smallest absolute Gasteiger partial charge is 0.408 e. The molecule has 0 bridgehead atoms. The molecule has 0 aliphatic carbocycles. The first-order valence-corrected chi connectivity index (χ1v) is 20.9. The quantitative estimate of drug-likeness (QED) is 0.206. The number of nitrogens with one attached hydrogen (secondary N) is 1. The van der Waals surface area contributed by atoms with Crippen molar-refractivity contribution < 1.29 is 26.4 Å². The molecule has 1 amide bonds. The molecule has 0 radical (unpaired) electrons. The molecule has 14 heteroatoms. The Labute approximate surface area is 317 Å². The van der Waals surface area contributed by atoms with Crippen molar-refractivity contribution in [2.24, 2.45) is 5.73 Å². The maximum absolute atomic E-state index is 13.3. The third-order valence-corrected chi connectivity index (χ3v) is 13.1. The van der Waals surface area contributed by atoms with E-state index in [1.165, 1.54) is 8.61 Å². The fourth-order valence-electron chi connectivity index (χ4n) is 5.90. The van der Waals surface area contributed by atoms with Gasteiger partial charge in [-0.05, 0) is 107 Å². The molecule has 2 unspecified atom stereocenters. The highest BCUT2D eigenvalue weighted by Gasteiger charge is 2.35. The molecule has 10 nitrogen and oxygen atoms in total. The summed E-state index contributed by atoms with van der Waals surface area (Å²) >= 11 is 6.84. The number of nitrogens with two attached hydrogens (primary N) is 1. The van der Waals surface area contributed by atoms with Crippen molar-refractivity contribution in [1.29, 1.82) is 0 Å². The number of benzene rings is 4. The molecular formula is C37H42Br2N4O6S2. The monoisotopic (exact) mass is 860 g/mol. The molecule has 0 saturated heterocycles. The average Bonchev–Trinajstić information content (AvgIpc) is 3.04. The molecular weight excluding hydrogens is 820 g/mol. The lowest BCUT2D eigenvalue weighted by molar-refractivity contribution is 0.0501. The first kappa shape index (κ1) is 38.8. The molecule has 2 heterocycles. The number of ether oxygens (including phenoxy) is 1. The van der Waals surface area contributed by atoms with Crippen molar-refractivity contribution >= 4 is 69.4 Å². The van der Waals surface area contributed by atoms with E-state index in [9.17, 15) is 21.6 Å². The van der Waals surface area contributed by atoms with Crippen LogP contribution in [0.5, 0.6) is 0 Å². The molecule has 6 rings (SSSR count). The predicted octanol–water partition coefficient (Wildman–Crippen LogP) is 8.28. The van der Waals surface area contributed by atoms with E-state index in [0.29, 0.717) is 35.7 Å². The summed E-state index contributed by atoms with van der Waals surface area (Å²) < 4.78 is 62.3. The fraction of sp³-hybridized carbons (Fsp3) is 0.324. The van der Waals surface area contributed by atoms with E-state index < -0.39 is 31.7 Å². The average molecular weight is 863 g/mol. The molecule has 3 N–H and O–H groups in total. The lowest BCUT2D eigenvalue weighted by Gasteiger charge is -2.35. The second-order valence-electron chi connectivity index (χ2n) is 13.6. The Bertz CT molecular complexity index is 2120. The minimum Gasteiger partial charge on any atom is -0.444 e. The van der Waals surface area contributed by atoms with E-state index in [2.05, 4.69) is 37.2 Å². The van der Waals surface area contributed by atoms with Gasteiger partial charge in [-0.25, -0.2) is 21.6 Å². The number of sulfonamides is 2. The normalized spacial score (nSPS) is 17.4. The minimum absolute atomic E-state index is 0.132. The first-order chi connectivity index (χ1) is 23.9. The summed E-state index contributed by atoms with van der Waals surface area (Å²) in [6.45, 7) is 9.89. The molecule has 0 fully saturated rings. The highest BCUT2D eigenvalue weighted by Crippen LogP contribution is 2.40. The maximum atomic E-state index is 13.3. The van der Waals surface area contributed by atoms with Gasteiger partial charge in [-0.1, -0.05) is 79.4 Å². The van der Waals surface area contributed by atoms with Gasteiger partial charge in [0.05, 0.1) is 27.2 Å². The maximum Gasteiger partial charge on any atom is 0.408 e. The Morgan fingerprint density at radius 3 is 1.63 bits per heavy atom. The van der Waals surface area contributed by atoms with Crippen molar-refractivity contribution in [1.82, 2.24) is 5.32 Å². The Hall–Kier alpha value is -3.43. The van der Waals surface area contributed by atoms with Crippen LogP contribution in [0.1, 0.15) is 68.0 Å². The number of carbonyl (C=O) groups excluding carboxylic acids is 1. The topological polar surface area (TPSA) is 139 Å². The van der Waals surface area contributed by atoms with E-state index in [1.54, 1.807) is 63.2 Å². The Kier molecular flexibility index (Phi) is 11.6. The number of nitrogens with zero attached hydrogens (tertiary/aromatic N) is 2.